The summed E-state index contributed by atoms with van der Waals surface area (Å²) in [6, 6.07) is 2.33. The number of aliphatic hydroxyl groups is 2. The number of hydrogen-bond acceptors (Lipinski definition) is 4. The molecule has 0 bridgehead atoms. The minimum absolute atomic E-state index is 0.116. The molecule has 0 amide bonds. The van der Waals surface area contributed by atoms with E-state index in [4.69, 9.17) is 9.84 Å². The Labute approximate surface area is 112 Å². The first-order valence-corrected chi connectivity index (χ1v) is 5.50. The predicted molar refractivity (Wildman–Crippen MR) is 61.2 cm³/mol. The lowest BCUT2D eigenvalue weighted by molar-refractivity contribution is -0.141. The molecule has 1 aromatic rings. The minimum atomic E-state index is -4.57. The maximum atomic E-state index is 12.5. The summed E-state index contributed by atoms with van der Waals surface area (Å²) in [4.78, 5) is 10.4. The fraction of sp³-hybridized carbons (Fsp3) is 0.417. The van der Waals surface area contributed by atoms with Crippen LogP contribution in [-0.4, -0.2) is 34.5 Å². The Morgan fingerprint density at radius 3 is 2.40 bits per heavy atom. The number of aliphatic hydroxyl groups excluding tert-OH is 2. The first kappa shape index (κ1) is 16.3. The van der Waals surface area contributed by atoms with Crippen molar-refractivity contribution in [2.24, 2.45) is 0 Å². The second-order valence-electron chi connectivity index (χ2n) is 4.06. The molecule has 0 spiro atoms. The second-order valence-corrected chi connectivity index (χ2v) is 4.06. The Morgan fingerprint density at radius 2 is 1.95 bits per heavy atom. The van der Waals surface area contributed by atoms with Crippen molar-refractivity contribution in [2.75, 3.05) is 7.11 Å². The molecule has 3 N–H and O–H groups in total. The van der Waals surface area contributed by atoms with Gasteiger partial charge in [-0.25, -0.2) is 0 Å². The standard InChI is InChI=1S/C12H13F3O5/c1-20-9-4-6(12(13,14)15)2-3-7(9)11(19)8(16)5-10(17)18/h2-4,8,11,16,19H,5H2,1H3,(H,17,18). The second kappa shape index (κ2) is 6.10. The first-order valence-electron chi connectivity index (χ1n) is 5.50. The van der Waals surface area contributed by atoms with Gasteiger partial charge in [-0.05, 0) is 12.1 Å². The first-order chi connectivity index (χ1) is 9.16. The average molecular weight is 294 g/mol. The number of ether oxygens (including phenoxy) is 1. The lowest BCUT2D eigenvalue weighted by Gasteiger charge is -2.20. The summed E-state index contributed by atoms with van der Waals surface area (Å²) in [5.41, 5.74) is -1.09. The Morgan fingerprint density at radius 1 is 1.35 bits per heavy atom. The van der Waals surface area contributed by atoms with Crippen LogP contribution in [0.25, 0.3) is 0 Å². The van der Waals surface area contributed by atoms with E-state index in [1.165, 1.54) is 0 Å². The van der Waals surface area contributed by atoms with Crippen LogP contribution in [0.3, 0.4) is 0 Å². The molecule has 2 atom stereocenters. The van der Waals surface area contributed by atoms with Gasteiger partial charge in [0, 0.05) is 5.56 Å². The zero-order valence-electron chi connectivity index (χ0n) is 10.4. The summed E-state index contributed by atoms with van der Waals surface area (Å²) in [5, 5.41) is 27.8. The van der Waals surface area contributed by atoms with Crippen LogP contribution in [0.4, 0.5) is 13.2 Å². The topological polar surface area (TPSA) is 87.0 Å². The van der Waals surface area contributed by atoms with Crippen molar-refractivity contribution in [2.45, 2.75) is 24.8 Å². The fourth-order valence-electron chi connectivity index (χ4n) is 1.63. The summed E-state index contributed by atoms with van der Waals surface area (Å²) in [7, 11) is 1.11. The van der Waals surface area contributed by atoms with Gasteiger partial charge in [0.05, 0.1) is 25.2 Å². The molecule has 0 fully saturated rings. The van der Waals surface area contributed by atoms with Crippen LogP contribution in [-0.2, 0) is 11.0 Å². The van der Waals surface area contributed by atoms with Crippen molar-refractivity contribution in [3.8, 4) is 5.75 Å². The molecule has 112 valence electrons. The monoisotopic (exact) mass is 294 g/mol. The Kier molecular flexibility index (Phi) is 4.96. The average Bonchev–Trinajstić information content (AvgIpc) is 2.35. The largest absolute Gasteiger partial charge is 0.496 e. The molecule has 0 aliphatic heterocycles. The van der Waals surface area contributed by atoms with Crippen LogP contribution in [0, 0.1) is 0 Å². The number of carbonyl (C=O) groups is 1. The van der Waals surface area contributed by atoms with Gasteiger partial charge in [0.1, 0.15) is 11.9 Å². The van der Waals surface area contributed by atoms with Crippen molar-refractivity contribution in [3.63, 3.8) is 0 Å². The lowest BCUT2D eigenvalue weighted by atomic mass is 9.99. The van der Waals surface area contributed by atoms with Gasteiger partial charge in [0.25, 0.3) is 0 Å². The van der Waals surface area contributed by atoms with Gasteiger partial charge in [-0.2, -0.15) is 13.2 Å². The van der Waals surface area contributed by atoms with Crippen molar-refractivity contribution in [1.29, 1.82) is 0 Å². The van der Waals surface area contributed by atoms with E-state index < -0.39 is 36.3 Å². The highest BCUT2D eigenvalue weighted by atomic mass is 19.4. The normalized spacial score (nSPS) is 14.7. The molecule has 2 unspecified atom stereocenters. The number of aliphatic carboxylic acids is 1. The van der Waals surface area contributed by atoms with Crippen molar-refractivity contribution < 1.29 is 38.0 Å². The van der Waals surface area contributed by atoms with Gasteiger partial charge in [-0.3, -0.25) is 4.79 Å². The van der Waals surface area contributed by atoms with Crippen LogP contribution < -0.4 is 4.74 Å². The third-order valence-corrected chi connectivity index (χ3v) is 2.63. The van der Waals surface area contributed by atoms with E-state index in [9.17, 15) is 28.2 Å². The number of halogens is 3. The Hall–Kier alpha value is -1.80. The number of benzene rings is 1. The molecule has 0 heterocycles. The molecule has 0 radical (unpaired) electrons. The number of methoxy groups -OCH3 is 1. The van der Waals surface area contributed by atoms with E-state index in [0.717, 1.165) is 13.2 Å². The van der Waals surface area contributed by atoms with E-state index in [-0.39, 0.29) is 11.3 Å². The summed E-state index contributed by atoms with van der Waals surface area (Å²) in [5.74, 6) is -1.63. The summed E-state index contributed by atoms with van der Waals surface area (Å²) in [6.07, 6.45) is -8.64. The highest BCUT2D eigenvalue weighted by molar-refractivity contribution is 5.67. The van der Waals surface area contributed by atoms with Crippen LogP contribution in [0.15, 0.2) is 18.2 Å². The van der Waals surface area contributed by atoms with Crippen LogP contribution in [0.1, 0.15) is 23.7 Å². The molecule has 8 heteroatoms. The molecule has 0 saturated carbocycles. The van der Waals surface area contributed by atoms with Crippen LogP contribution in [0.2, 0.25) is 0 Å². The molecular weight excluding hydrogens is 281 g/mol. The third kappa shape index (κ3) is 3.84. The molecule has 20 heavy (non-hydrogen) atoms. The number of alkyl halides is 3. The van der Waals surface area contributed by atoms with Gasteiger partial charge in [0.2, 0.25) is 0 Å². The maximum absolute atomic E-state index is 12.5. The predicted octanol–water partition coefficient (Wildman–Crippen LogP) is 1.58. The fourth-order valence-corrected chi connectivity index (χ4v) is 1.63. The summed E-state index contributed by atoms with van der Waals surface area (Å²) >= 11 is 0. The van der Waals surface area contributed by atoms with E-state index in [0.29, 0.717) is 12.1 Å². The lowest BCUT2D eigenvalue weighted by Crippen LogP contribution is -2.22. The van der Waals surface area contributed by atoms with Crippen molar-refractivity contribution in [3.05, 3.63) is 29.3 Å². The SMILES string of the molecule is COc1cc(C(F)(F)F)ccc1C(O)C(O)CC(=O)O. The van der Waals surface area contributed by atoms with E-state index >= 15 is 0 Å². The quantitative estimate of drug-likeness (QED) is 0.767. The maximum Gasteiger partial charge on any atom is 0.416 e. The third-order valence-electron chi connectivity index (χ3n) is 2.63. The molecule has 5 nitrogen and oxygen atoms in total. The molecule has 0 saturated heterocycles. The zero-order valence-corrected chi connectivity index (χ0v) is 10.4. The highest BCUT2D eigenvalue weighted by Gasteiger charge is 2.32. The molecule has 0 aromatic heterocycles. The zero-order chi connectivity index (χ0) is 15.5. The van der Waals surface area contributed by atoms with Crippen molar-refractivity contribution >= 4 is 5.97 Å². The molecular formula is C12H13F3O5. The number of carboxylic acid groups (broad SMARTS) is 1. The van der Waals surface area contributed by atoms with E-state index in [2.05, 4.69) is 0 Å². The van der Waals surface area contributed by atoms with Crippen LogP contribution >= 0.6 is 0 Å². The van der Waals surface area contributed by atoms with Gasteiger partial charge in [0.15, 0.2) is 0 Å². The molecule has 0 aliphatic rings. The van der Waals surface area contributed by atoms with Gasteiger partial charge >= 0.3 is 12.1 Å². The van der Waals surface area contributed by atoms with Crippen molar-refractivity contribution in [1.82, 2.24) is 0 Å². The summed E-state index contributed by atoms with van der Waals surface area (Å²) in [6.45, 7) is 0. The van der Waals surface area contributed by atoms with E-state index in [1.54, 1.807) is 0 Å². The number of carboxylic acids is 1. The highest BCUT2D eigenvalue weighted by Crippen LogP contribution is 2.35. The molecule has 1 aromatic carbocycles. The van der Waals surface area contributed by atoms with E-state index in [1.807, 2.05) is 0 Å². The molecule has 0 aliphatic carbocycles. The Balaban J connectivity index is 3.09. The van der Waals surface area contributed by atoms with Gasteiger partial charge in [-0.15, -0.1) is 0 Å². The summed E-state index contributed by atoms with van der Waals surface area (Å²) < 4.78 is 42.3. The molecule has 1 rings (SSSR count). The Bertz CT molecular complexity index is 486. The number of hydrogen-bond donors (Lipinski definition) is 3. The number of rotatable bonds is 5. The smallest absolute Gasteiger partial charge is 0.416 e. The van der Waals surface area contributed by atoms with Gasteiger partial charge in [-0.1, -0.05) is 6.07 Å². The minimum Gasteiger partial charge on any atom is -0.496 e. The van der Waals surface area contributed by atoms with Gasteiger partial charge < -0.3 is 20.1 Å². The van der Waals surface area contributed by atoms with Crippen LogP contribution in [0.5, 0.6) is 5.75 Å².